The first-order valence-corrected chi connectivity index (χ1v) is 7.89. The van der Waals surface area contributed by atoms with E-state index in [0.29, 0.717) is 18.7 Å². The molecule has 0 bridgehead atoms. The summed E-state index contributed by atoms with van der Waals surface area (Å²) in [6, 6.07) is 3.83. The first-order chi connectivity index (χ1) is 8.14. The second-order valence-corrected chi connectivity index (χ2v) is 6.39. The lowest BCUT2D eigenvalue weighted by Gasteiger charge is -2.04. The van der Waals surface area contributed by atoms with E-state index >= 15 is 0 Å². The lowest BCUT2D eigenvalue weighted by Crippen LogP contribution is -2.25. The van der Waals surface area contributed by atoms with Crippen molar-refractivity contribution in [2.45, 2.75) is 26.2 Å². The summed E-state index contributed by atoms with van der Waals surface area (Å²) in [7, 11) is -2.84. The van der Waals surface area contributed by atoms with Gasteiger partial charge in [0.1, 0.15) is 5.76 Å². The molecule has 0 unspecified atom stereocenters. The monoisotopic (exact) mass is 259 g/mol. The van der Waals surface area contributed by atoms with E-state index in [0.717, 1.165) is 25.1 Å². The van der Waals surface area contributed by atoms with Gasteiger partial charge in [0.15, 0.2) is 9.84 Å². The average Bonchev–Trinajstić information content (AvgIpc) is 2.76. The van der Waals surface area contributed by atoms with Crippen LogP contribution in [0.2, 0.25) is 0 Å². The molecule has 0 fully saturated rings. The normalized spacial score (nSPS) is 11.8. The van der Waals surface area contributed by atoms with Crippen LogP contribution in [0.3, 0.4) is 0 Å². The van der Waals surface area contributed by atoms with Crippen LogP contribution in [-0.2, 0) is 16.3 Å². The van der Waals surface area contributed by atoms with Gasteiger partial charge in [0, 0.05) is 18.7 Å². The third-order valence-electron chi connectivity index (χ3n) is 2.46. The van der Waals surface area contributed by atoms with Gasteiger partial charge in [-0.25, -0.2) is 8.42 Å². The fraction of sp³-hybridized carbons (Fsp3) is 0.667. The van der Waals surface area contributed by atoms with Crippen LogP contribution < -0.4 is 5.32 Å². The van der Waals surface area contributed by atoms with Crippen molar-refractivity contribution in [1.82, 2.24) is 5.32 Å². The maximum Gasteiger partial charge on any atom is 0.151 e. The highest BCUT2D eigenvalue weighted by Gasteiger charge is 2.07. The molecule has 98 valence electrons. The van der Waals surface area contributed by atoms with E-state index in [2.05, 4.69) is 5.32 Å². The molecular weight excluding hydrogens is 238 g/mol. The predicted molar refractivity (Wildman–Crippen MR) is 68.8 cm³/mol. The topological polar surface area (TPSA) is 59.3 Å². The van der Waals surface area contributed by atoms with E-state index in [9.17, 15) is 8.42 Å². The van der Waals surface area contributed by atoms with Crippen molar-refractivity contribution >= 4 is 9.84 Å². The van der Waals surface area contributed by atoms with E-state index < -0.39 is 9.84 Å². The molecule has 17 heavy (non-hydrogen) atoms. The highest BCUT2D eigenvalue weighted by Crippen LogP contribution is 2.02. The standard InChI is InChI=1S/C12H21NO3S/c1-2-10-17(14,15)11-8-13-7-3-5-12-6-4-9-16-12/h4,6,9,13H,2-3,5,7-8,10-11H2,1H3. The molecule has 5 heteroatoms. The van der Waals surface area contributed by atoms with Gasteiger partial charge in [-0.3, -0.25) is 0 Å². The minimum atomic E-state index is -2.84. The Balaban J connectivity index is 2.01. The van der Waals surface area contributed by atoms with Gasteiger partial charge in [-0.15, -0.1) is 0 Å². The van der Waals surface area contributed by atoms with Gasteiger partial charge in [-0.2, -0.15) is 0 Å². The van der Waals surface area contributed by atoms with Crippen LogP contribution in [0.1, 0.15) is 25.5 Å². The molecule has 0 saturated heterocycles. The van der Waals surface area contributed by atoms with Crippen LogP contribution in [0.5, 0.6) is 0 Å². The van der Waals surface area contributed by atoms with E-state index in [4.69, 9.17) is 4.42 Å². The van der Waals surface area contributed by atoms with E-state index in [1.807, 2.05) is 19.1 Å². The first kappa shape index (κ1) is 14.3. The maximum absolute atomic E-state index is 11.4. The third kappa shape index (κ3) is 6.48. The van der Waals surface area contributed by atoms with Crippen LogP contribution in [-0.4, -0.2) is 33.0 Å². The molecule has 0 saturated carbocycles. The van der Waals surface area contributed by atoms with Crippen LogP contribution in [0, 0.1) is 0 Å². The Morgan fingerprint density at radius 3 is 2.76 bits per heavy atom. The Hall–Kier alpha value is -0.810. The summed E-state index contributed by atoms with van der Waals surface area (Å²) in [6.07, 6.45) is 4.21. The van der Waals surface area contributed by atoms with Crippen molar-refractivity contribution in [3.8, 4) is 0 Å². The zero-order valence-corrected chi connectivity index (χ0v) is 11.1. The molecule has 0 aliphatic rings. The molecule has 1 aromatic rings. The summed E-state index contributed by atoms with van der Waals surface area (Å²) in [5.41, 5.74) is 0. The lowest BCUT2D eigenvalue weighted by atomic mass is 10.2. The number of aryl methyl sites for hydroxylation is 1. The summed E-state index contributed by atoms with van der Waals surface area (Å²) >= 11 is 0. The number of nitrogens with one attached hydrogen (secondary N) is 1. The minimum absolute atomic E-state index is 0.238. The zero-order valence-electron chi connectivity index (χ0n) is 10.3. The lowest BCUT2D eigenvalue weighted by molar-refractivity contribution is 0.497. The highest BCUT2D eigenvalue weighted by atomic mass is 32.2. The Kier molecular flexibility index (Phi) is 6.29. The van der Waals surface area contributed by atoms with Crippen LogP contribution >= 0.6 is 0 Å². The summed E-state index contributed by atoms with van der Waals surface area (Å²) in [4.78, 5) is 0. The Morgan fingerprint density at radius 2 is 2.12 bits per heavy atom. The van der Waals surface area contributed by atoms with Crippen molar-refractivity contribution in [2.75, 3.05) is 24.6 Å². The number of hydrogen-bond acceptors (Lipinski definition) is 4. The molecule has 0 spiro atoms. The molecule has 0 atom stereocenters. The Morgan fingerprint density at radius 1 is 1.29 bits per heavy atom. The Bertz CT molecular complexity index is 384. The van der Waals surface area contributed by atoms with Gasteiger partial charge in [-0.05, 0) is 31.5 Å². The highest BCUT2D eigenvalue weighted by molar-refractivity contribution is 7.91. The van der Waals surface area contributed by atoms with Gasteiger partial charge in [-0.1, -0.05) is 6.92 Å². The Labute approximate surface area is 103 Å². The third-order valence-corrected chi connectivity index (χ3v) is 4.32. The predicted octanol–water partition coefficient (Wildman–Crippen LogP) is 1.63. The summed E-state index contributed by atoms with van der Waals surface area (Å²) < 4.78 is 28.0. The minimum Gasteiger partial charge on any atom is -0.469 e. The maximum atomic E-state index is 11.4. The van der Waals surface area contributed by atoms with Crippen molar-refractivity contribution in [2.24, 2.45) is 0 Å². The van der Waals surface area contributed by atoms with Crippen LogP contribution in [0.4, 0.5) is 0 Å². The summed E-state index contributed by atoms with van der Waals surface area (Å²) in [6.45, 7) is 3.25. The van der Waals surface area contributed by atoms with Gasteiger partial charge in [0.05, 0.1) is 12.0 Å². The van der Waals surface area contributed by atoms with Crippen molar-refractivity contribution in [3.63, 3.8) is 0 Å². The van der Waals surface area contributed by atoms with E-state index in [-0.39, 0.29) is 5.75 Å². The summed E-state index contributed by atoms with van der Waals surface area (Å²) in [5.74, 6) is 1.51. The molecule has 0 aliphatic heterocycles. The van der Waals surface area contributed by atoms with Gasteiger partial charge in [0.2, 0.25) is 0 Å². The van der Waals surface area contributed by atoms with Gasteiger partial charge in [0.25, 0.3) is 0 Å². The quantitative estimate of drug-likeness (QED) is 0.685. The molecule has 0 aliphatic carbocycles. The van der Waals surface area contributed by atoms with Crippen LogP contribution in [0.15, 0.2) is 22.8 Å². The number of sulfone groups is 1. The molecule has 1 aromatic heterocycles. The van der Waals surface area contributed by atoms with Gasteiger partial charge < -0.3 is 9.73 Å². The zero-order chi connectivity index (χ0) is 12.6. The molecule has 1 rings (SSSR count). The molecule has 1 heterocycles. The fourth-order valence-electron chi connectivity index (χ4n) is 1.61. The second-order valence-electron chi connectivity index (χ2n) is 4.08. The summed E-state index contributed by atoms with van der Waals surface area (Å²) in [5, 5.41) is 3.14. The van der Waals surface area contributed by atoms with Crippen molar-refractivity contribution in [3.05, 3.63) is 24.2 Å². The number of rotatable bonds is 9. The SMILES string of the molecule is CCCS(=O)(=O)CCNCCCc1ccco1. The van der Waals surface area contributed by atoms with Crippen molar-refractivity contribution in [1.29, 1.82) is 0 Å². The average molecular weight is 259 g/mol. The molecular formula is C12H21NO3S. The number of furan rings is 1. The van der Waals surface area contributed by atoms with Crippen LogP contribution in [0.25, 0.3) is 0 Å². The first-order valence-electron chi connectivity index (χ1n) is 6.07. The molecule has 0 aromatic carbocycles. The molecule has 4 nitrogen and oxygen atoms in total. The second kappa shape index (κ2) is 7.50. The number of hydrogen-bond donors (Lipinski definition) is 1. The smallest absolute Gasteiger partial charge is 0.151 e. The fourth-order valence-corrected chi connectivity index (χ4v) is 2.89. The van der Waals surface area contributed by atoms with E-state index in [1.54, 1.807) is 6.26 Å². The van der Waals surface area contributed by atoms with Crippen molar-refractivity contribution < 1.29 is 12.8 Å². The van der Waals surface area contributed by atoms with Gasteiger partial charge >= 0.3 is 0 Å². The largest absolute Gasteiger partial charge is 0.469 e. The van der Waals surface area contributed by atoms with E-state index in [1.165, 1.54) is 0 Å². The molecule has 0 radical (unpaired) electrons. The molecule has 0 amide bonds. The molecule has 1 N–H and O–H groups in total.